The van der Waals surface area contributed by atoms with Crippen LogP contribution < -0.4 is 4.90 Å². The first-order valence-corrected chi connectivity index (χ1v) is 9.61. The summed E-state index contributed by atoms with van der Waals surface area (Å²) in [5.41, 5.74) is 1.36. The van der Waals surface area contributed by atoms with Gasteiger partial charge in [0, 0.05) is 27.4 Å². The Morgan fingerprint density at radius 1 is 1.29 bits per heavy atom. The summed E-state index contributed by atoms with van der Waals surface area (Å²) in [5, 5.41) is 0. The molecule has 0 bridgehead atoms. The molecule has 2 rings (SSSR count). The quantitative estimate of drug-likeness (QED) is 0.576. The Morgan fingerprint density at radius 2 is 2.05 bits per heavy atom. The van der Waals surface area contributed by atoms with Crippen molar-refractivity contribution in [3.8, 4) is 0 Å². The predicted octanol–water partition coefficient (Wildman–Crippen LogP) is 6.66. The molecule has 3 heteroatoms. The number of fused-ring (bicyclic) bond motifs is 1. The van der Waals surface area contributed by atoms with E-state index in [2.05, 4.69) is 51.4 Å². The van der Waals surface area contributed by atoms with Gasteiger partial charge in [-0.25, -0.2) is 0 Å². The van der Waals surface area contributed by atoms with E-state index in [1.807, 2.05) is 23.1 Å². The minimum absolute atomic E-state index is 0.776. The zero-order valence-electron chi connectivity index (χ0n) is 13.7. The lowest BCUT2D eigenvalue weighted by atomic mass is 9.98. The van der Waals surface area contributed by atoms with Crippen LogP contribution in [0.15, 0.2) is 23.8 Å². The van der Waals surface area contributed by atoms with Gasteiger partial charge in [0.25, 0.3) is 0 Å². The van der Waals surface area contributed by atoms with E-state index in [-0.39, 0.29) is 0 Å². The Hall–Kier alpha value is -0.670. The molecule has 1 unspecified atom stereocenters. The second kappa shape index (κ2) is 7.55. The van der Waals surface area contributed by atoms with Crippen LogP contribution in [0, 0.1) is 12.8 Å². The average molecular weight is 322 g/mol. The summed E-state index contributed by atoms with van der Waals surface area (Å²) >= 11 is 3.68. The van der Waals surface area contributed by atoms with Crippen molar-refractivity contribution < 1.29 is 0 Å². The molecule has 21 heavy (non-hydrogen) atoms. The lowest BCUT2D eigenvalue weighted by Crippen LogP contribution is -2.24. The number of hydrogen-bond donors (Lipinski definition) is 0. The van der Waals surface area contributed by atoms with Crippen molar-refractivity contribution in [1.29, 1.82) is 0 Å². The molecule has 0 saturated carbocycles. The molecule has 0 amide bonds. The van der Waals surface area contributed by atoms with Crippen LogP contribution in [0.2, 0.25) is 0 Å². The standard InChI is InChI=1S/C18H27NS2/c1-6-8-9-16(7-2)12-19-11-14(4)20-15(5)18-17(19)10-13(3)21-18/h10-11,16H,5-9,12H2,1-4H3. The molecule has 0 spiro atoms. The van der Waals surface area contributed by atoms with Gasteiger partial charge in [-0.15, -0.1) is 11.3 Å². The van der Waals surface area contributed by atoms with E-state index in [1.165, 1.54) is 50.9 Å². The lowest BCUT2D eigenvalue weighted by molar-refractivity contribution is 0.457. The molecular weight excluding hydrogens is 294 g/mol. The SMILES string of the molecule is C=C1SC(C)=CN(CC(CC)CCCC)c2cc(C)sc21. The molecule has 116 valence electrons. The predicted molar refractivity (Wildman–Crippen MR) is 100 cm³/mol. The Kier molecular flexibility index (Phi) is 6.00. The number of rotatable bonds is 6. The normalized spacial score (nSPS) is 16.5. The van der Waals surface area contributed by atoms with Gasteiger partial charge in [-0.3, -0.25) is 0 Å². The molecule has 1 nitrogen and oxygen atoms in total. The second-order valence-corrected chi connectivity index (χ2v) is 8.50. The molecule has 0 aromatic carbocycles. The van der Waals surface area contributed by atoms with E-state index in [1.54, 1.807) is 0 Å². The van der Waals surface area contributed by atoms with Gasteiger partial charge in [-0.05, 0) is 32.3 Å². The summed E-state index contributed by atoms with van der Waals surface area (Å²) < 4.78 is 0. The topological polar surface area (TPSA) is 3.24 Å². The molecule has 1 aromatic heterocycles. The Balaban J connectivity index is 2.25. The van der Waals surface area contributed by atoms with Gasteiger partial charge in [0.05, 0.1) is 10.6 Å². The first-order valence-electron chi connectivity index (χ1n) is 7.97. The summed E-state index contributed by atoms with van der Waals surface area (Å²) in [5.74, 6) is 0.776. The maximum atomic E-state index is 4.27. The number of unbranched alkanes of at least 4 members (excludes halogenated alkanes) is 1. The summed E-state index contributed by atoms with van der Waals surface area (Å²) in [4.78, 5) is 7.74. The van der Waals surface area contributed by atoms with Crippen molar-refractivity contribution in [2.75, 3.05) is 11.4 Å². The second-order valence-electron chi connectivity index (χ2n) is 5.91. The average Bonchev–Trinajstić information content (AvgIpc) is 2.79. The molecular formula is C18H27NS2. The van der Waals surface area contributed by atoms with E-state index in [4.69, 9.17) is 0 Å². The number of thioether (sulfide) groups is 1. The summed E-state index contributed by atoms with van der Waals surface area (Å²) in [6, 6.07) is 2.33. The third-order valence-electron chi connectivity index (χ3n) is 4.02. The van der Waals surface area contributed by atoms with Crippen molar-refractivity contribution in [2.45, 2.75) is 53.4 Å². The monoisotopic (exact) mass is 321 g/mol. The number of hydrogen-bond acceptors (Lipinski definition) is 3. The van der Waals surface area contributed by atoms with Gasteiger partial charge in [0.2, 0.25) is 0 Å². The minimum Gasteiger partial charge on any atom is -0.346 e. The van der Waals surface area contributed by atoms with Gasteiger partial charge < -0.3 is 4.90 Å². The molecule has 1 aliphatic heterocycles. The first-order chi connectivity index (χ1) is 10.0. The molecule has 0 saturated heterocycles. The highest BCUT2D eigenvalue weighted by molar-refractivity contribution is 8.11. The third-order valence-corrected chi connectivity index (χ3v) is 6.12. The zero-order chi connectivity index (χ0) is 15.4. The minimum atomic E-state index is 0.776. The fraction of sp³-hybridized carbons (Fsp3) is 0.556. The number of allylic oxidation sites excluding steroid dienone is 1. The van der Waals surface area contributed by atoms with E-state index in [0.717, 1.165) is 12.5 Å². The van der Waals surface area contributed by atoms with Crippen LogP contribution in [0.3, 0.4) is 0 Å². The number of anilines is 1. The van der Waals surface area contributed by atoms with Crippen LogP contribution in [-0.2, 0) is 0 Å². The summed E-state index contributed by atoms with van der Waals surface area (Å²) in [6.07, 6.45) is 7.55. The zero-order valence-corrected chi connectivity index (χ0v) is 15.4. The fourth-order valence-corrected chi connectivity index (χ4v) is 4.72. The summed E-state index contributed by atoms with van der Waals surface area (Å²) in [6.45, 7) is 14.4. The van der Waals surface area contributed by atoms with Gasteiger partial charge in [0.1, 0.15) is 0 Å². The molecule has 0 fully saturated rings. The number of aryl methyl sites for hydroxylation is 1. The van der Waals surface area contributed by atoms with Crippen molar-refractivity contribution in [3.05, 3.63) is 33.5 Å². The van der Waals surface area contributed by atoms with Gasteiger partial charge in [-0.1, -0.05) is 51.5 Å². The third kappa shape index (κ3) is 4.17. The largest absolute Gasteiger partial charge is 0.346 e. The van der Waals surface area contributed by atoms with Crippen LogP contribution in [0.5, 0.6) is 0 Å². The van der Waals surface area contributed by atoms with Crippen molar-refractivity contribution in [1.82, 2.24) is 0 Å². The van der Waals surface area contributed by atoms with E-state index in [0.29, 0.717) is 0 Å². The highest BCUT2D eigenvalue weighted by Gasteiger charge is 2.21. The maximum Gasteiger partial charge on any atom is 0.0643 e. The molecule has 0 aliphatic carbocycles. The number of nitrogens with zero attached hydrogens (tertiary/aromatic N) is 1. The first kappa shape index (κ1) is 16.7. The van der Waals surface area contributed by atoms with Crippen LogP contribution in [-0.4, -0.2) is 6.54 Å². The van der Waals surface area contributed by atoms with Crippen LogP contribution >= 0.6 is 23.1 Å². The molecule has 1 atom stereocenters. The van der Waals surface area contributed by atoms with Gasteiger partial charge in [0.15, 0.2) is 0 Å². The van der Waals surface area contributed by atoms with Crippen molar-refractivity contribution >= 4 is 33.7 Å². The van der Waals surface area contributed by atoms with Crippen molar-refractivity contribution in [3.63, 3.8) is 0 Å². The fourth-order valence-electron chi connectivity index (χ4n) is 2.82. The summed E-state index contributed by atoms with van der Waals surface area (Å²) in [7, 11) is 0. The Bertz CT molecular complexity index is 527. The van der Waals surface area contributed by atoms with E-state index >= 15 is 0 Å². The Labute approximate surface area is 138 Å². The lowest BCUT2D eigenvalue weighted by Gasteiger charge is -2.25. The van der Waals surface area contributed by atoms with Gasteiger partial charge in [-0.2, -0.15) is 0 Å². The highest BCUT2D eigenvalue weighted by atomic mass is 32.2. The molecule has 1 aromatic rings. The van der Waals surface area contributed by atoms with E-state index < -0.39 is 0 Å². The number of thiophene rings is 1. The van der Waals surface area contributed by atoms with Crippen LogP contribution in [0.1, 0.15) is 56.2 Å². The van der Waals surface area contributed by atoms with Gasteiger partial charge >= 0.3 is 0 Å². The highest BCUT2D eigenvalue weighted by Crippen LogP contribution is 2.45. The molecule has 2 heterocycles. The molecule has 1 aliphatic rings. The van der Waals surface area contributed by atoms with Crippen molar-refractivity contribution in [2.24, 2.45) is 5.92 Å². The van der Waals surface area contributed by atoms with Crippen LogP contribution in [0.25, 0.3) is 4.91 Å². The smallest absolute Gasteiger partial charge is 0.0643 e. The Morgan fingerprint density at radius 3 is 2.71 bits per heavy atom. The molecule has 0 N–H and O–H groups in total. The molecule has 0 radical (unpaired) electrons. The maximum absolute atomic E-state index is 4.27. The van der Waals surface area contributed by atoms with Crippen LogP contribution in [0.4, 0.5) is 5.69 Å². The van der Waals surface area contributed by atoms with E-state index in [9.17, 15) is 0 Å².